The van der Waals surface area contributed by atoms with Crippen molar-refractivity contribution in [2.75, 3.05) is 5.32 Å². The van der Waals surface area contributed by atoms with Crippen molar-refractivity contribution in [3.8, 4) is 11.3 Å². The molecule has 0 aliphatic carbocycles. The zero-order valence-corrected chi connectivity index (χ0v) is 14.6. The number of nitrogens with one attached hydrogen (secondary N) is 1. The van der Waals surface area contributed by atoms with Crippen molar-refractivity contribution >= 4 is 28.5 Å². The van der Waals surface area contributed by atoms with Crippen molar-refractivity contribution < 1.29 is 9.21 Å². The number of nitrogens with zero attached hydrogens (tertiary/aromatic N) is 1. The third-order valence-electron chi connectivity index (χ3n) is 3.70. The van der Waals surface area contributed by atoms with Gasteiger partial charge >= 0.3 is 0 Å². The maximum absolute atomic E-state index is 12.0. The fourth-order valence-corrected chi connectivity index (χ4v) is 2.93. The van der Waals surface area contributed by atoms with Gasteiger partial charge in [0.15, 0.2) is 5.13 Å². The Morgan fingerprint density at radius 1 is 1.17 bits per heavy atom. The lowest BCUT2D eigenvalue weighted by Gasteiger charge is -2.02. The summed E-state index contributed by atoms with van der Waals surface area (Å²) in [7, 11) is 0. The minimum absolute atomic E-state index is 0.231. The molecule has 0 fully saturated rings. The van der Waals surface area contributed by atoms with E-state index in [4.69, 9.17) is 4.42 Å². The van der Waals surface area contributed by atoms with Crippen LogP contribution in [0, 0.1) is 20.8 Å². The fourth-order valence-electron chi connectivity index (χ4n) is 2.21. The van der Waals surface area contributed by atoms with Crippen LogP contribution < -0.4 is 5.32 Å². The molecule has 1 amide bonds. The number of carbonyl (C=O) groups excluding carboxylic acids is 1. The molecular formula is C19H18N2O2S. The Kier molecular flexibility index (Phi) is 4.62. The molecule has 24 heavy (non-hydrogen) atoms. The first-order valence-electron chi connectivity index (χ1n) is 7.60. The molecule has 0 unspecified atom stereocenters. The lowest BCUT2D eigenvalue weighted by Crippen LogP contribution is -2.07. The van der Waals surface area contributed by atoms with Gasteiger partial charge in [0.25, 0.3) is 0 Å². The summed E-state index contributed by atoms with van der Waals surface area (Å²) in [5, 5.41) is 5.30. The third-order valence-corrected chi connectivity index (χ3v) is 4.45. The van der Waals surface area contributed by atoms with E-state index in [9.17, 15) is 4.79 Å². The topological polar surface area (TPSA) is 55.1 Å². The van der Waals surface area contributed by atoms with E-state index in [2.05, 4.69) is 36.3 Å². The summed E-state index contributed by atoms with van der Waals surface area (Å²) in [6.07, 6.45) is 3.08. The van der Waals surface area contributed by atoms with Crippen LogP contribution in [0.15, 0.2) is 46.2 Å². The maximum atomic E-state index is 12.0. The van der Waals surface area contributed by atoms with Gasteiger partial charge in [0.2, 0.25) is 5.91 Å². The first kappa shape index (κ1) is 16.2. The monoisotopic (exact) mass is 338 g/mol. The predicted octanol–water partition coefficient (Wildman–Crippen LogP) is 4.98. The second-order valence-electron chi connectivity index (χ2n) is 5.61. The molecule has 0 spiro atoms. The normalized spacial score (nSPS) is 11.1. The number of anilines is 1. The van der Waals surface area contributed by atoms with Crippen LogP contribution in [0.25, 0.3) is 17.3 Å². The van der Waals surface area contributed by atoms with Gasteiger partial charge in [-0.3, -0.25) is 10.1 Å². The molecule has 3 aromatic rings. The number of aromatic nitrogens is 1. The highest BCUT2D eigenvalue weighted by atomic mass is 32.1. The molecular weight excluding hydrogens is 320 g/mol. The van der Waals surface area contributed by atoms with Crippen LogP contribution in [0.2, 0.25) is 0 Å². The summed E-state index contributed by atoms with van der Waals surface area (Å²) in [6.45, 7) is 6.02. The highest BCUT2D eigenvalue weighted by molar-refractivity contribution is 7.14. The second-order valence-corrected chi connectivity index (χ2v) is 6.47. The Labute approximate surface area is 144 Å². The van der Waals surface area contributed by atoms with Gasteiger partial charge in [-0.2, -0.15) is 0 Å². The molecule has 0 aliphatic heterocycles. The van der Waals surface area contributed by atoms with Gasteiger partial charge in [0, 0.05) is 17.0 Å². The molecule has 0 saturated carbocycles. The largest absolute Gasteiger partial charge is 0.462 e. The number of thiazole rings is 1. The fraction of sp³-hybridized carbons (Fsp3) is 0.158. The molecule has 2 aromatic heterocycles. The molecule has 3 rings (SSSR count). The summed E-state index contributed by atoms with van der Waals surface area (Å²) in [5.41, 5.74) is 4.39. The molecule has 0 aliphatic rings. The standard InChI is InChI=1S/C19H18N2O2S/c1-12-4-6-15(10-13(12)2)17-11-24-19(20-17)21-18(22)9-8-16-7-5-14(3)23-16/h4-11H,1-3H3,(H,20,21,22)/b9-8-. The number of furan rings is 1. The lowest BCUT2D eigenvalue weighted by molar-refractivity contribution is -0.111. The first-order chi connectivity index (χ1) is 11.5. The van der Waals surface area contributed by atoms with E-state index >= 15 is 0 Å². The van der Waals surface area contributed by atoms with E-state index in [0.29, 0.717) is 10.9 Å². The molecule has 4 nitrogen and oxygen atoms in total. The Morgan fingerprint density at radius 2 is 2.00 bits per heavy atom. The van der Waals surface area contributed by atoms with Crippen LogP contribution in [0.4, 0.5) is 5.13 Å². The van der Waals surface area contributed by atoms with E-state index in [-0.39, 0.29) is 5.91 Å². The molecule has 2 heterocycles. The van der Waals surface area contributed by atoms with Gasteiger partial charge in [-0.15, -0.1) is 11.3 Å². The van der Waals surface area contributed by atoms with Crippen LogP contribution in [-0.4, -0.2) is 10.9 Å². The van der Waals surface area contributed by atoms with Crippen LogP contribution in [0.3, 0.4) is 0 Å². The van der Waals surface area contributed by atoms with Gasteiger partial charge in [0.1, 0.15) is 11.5 Å². The third kappa shape index (κ3) is 3.81. The van der Waals surface area contributed by atoms with Gasteiger partial charge in [-0.05, 0) is 56.2 Å². The van der Waals surface area contributed by atoms with Gasteiger partial charge in [0.05, 0.1) is 5.69 Å². The van der Waals surface area contributed by atoms with Crippen LogP contribution in [0.1, 0.15) is 22.6 Å². The van der Waals surface area contributed by atoms with Crippen LogP contribution in [-0.2, 0) is 4.79 Å². The van der Waals surface area contributed by atoms with Crippen molar-refractivity contribution in [2.24, 2.45) is 0 Å². The number of hydrogen-bond acceptors (Lipinski definition) is 4. The van der Waals surface area contributed by atoms with Crippen molar-refractivity contribution in [3.63, 3.8) is 0 Å². The molecule has 5 heteroatoms. The zero-order valence-electron chi connectivity index (χ0n) is 13.8. The molecule has 0 radical (unpaired) electrons. The van der Waals surface area contributed by atoms with E-state index in [1.807, 2.05) is 30.5 Å². The summed E-state index contributed by atoms with van der Waals surface area (Å²) >= 11 is 1.41. The number of rotatable bonds is 4. The second kappa shape index (κ2) is 6.84. The van der Waals surface area contributed by atoms with Crippen molar-refractivity contribution in [1.82, 2.24) is 4.98 Å². The van der Waals surface area contributed by atoms with Gasteiger partial charge < -0.3 is 4.42 Å². The zero-order chi connectivity index (χ0) is 17.1. The average molecular weight is 338 g/mol. The van der Waals surface area contributed by atoms with Crippen molar-refractivity contribution in [1.29, 1.82) is 0 Å². The summed E-state index contributed by atoms with van der Waals surface area (Å²) in [4.78, 5) is 16.4. The number of hydrogen-bond donors (Lipinski definition) is 1. The molecule has 0 bridgehead atoms. The maximum Gasteiger partial charge on any atom is 0.250 e. The van der Waals surface area contributed by atoms with Crippen LogP contribution >= 0.6 is 11.3 Å². The quantitative estimate of drug-likeness (QED) is 0.683. The van der Waals surface area contributed by atoms with Crippen LogP contribution in [0.5, 0.6) is 0 Å². The Bertz CT molecular complexity index is 906. The molecule has 122 valence electrons. The van der Waals surface area contributed by atoms with Gasteiger partial charge in [-0.1, -0.05) is 12.1 Å². The highest BCUT2D eigenvalue weighted by Gasteiger charge is 2.07. The molecule has 0 atom stereocenters. The SMILES string of the molecule is Cc1ccc(/C=C\C(=O)Nc2nc(-c3ccc(C)c(C)c3)cs2)o1. The van der Waals surface area contributed by atoms with Crippen molar-refractivity contribution in [3.05, 3.63) is 64.4 Å². The number of aryl methyl sites for hydroxylation is 3. The summed E-state index contributed by atoms with van der Waals surface area (Å²) < 4.78 is 5.39. The summed E-state index contributed by atoms with van der Waals surface area (Å²) in [5.74, 6) is 1.23. The molecule has 1 N–H and O–H groups in total. The summed E-state index contributed by atoms with van der Waals surface area (Å²) in [6, 6.07) is 9.90. The van der Waals surface area contributed by atoms with E-state index in [0.717, 1.165) is 17.0 Å². The van der Waals surface area contributed by atoms with Crippen molar-refractivity contribution in [2.45, 2.75) is 20.8 Å². The smallest absolute Gasteiger partial charge is 0.250 e. The lowest BCUT2D eigenvalue weighted by atomic mass is 10.1. The Morgan fingerprint density at radius 3 is 2.71 bits per heavy atom. The first-order valence-corrected chi connectivity index (χ1v) is 8.48. The molecule has 1 aromatic carbocycles. The van der Waals surface area contributed by atoms with E-state index < -0.39 is 0 Å². The van der Waals surface area contributed by atoms with E-state index in [1.165, 1.54) is 28.5 Å². The minimum atomic E-state index is -0.231. The highest BCUT2D eigenvalue weighted by Crippen LogP contribution is 2.26. The number of amides is 1. The predicted molar refractivity (Wildman–Crippen MR) is 98.1 cm³/mol. The number of benzene rings is 1. The Balaban J connectivity index is 1.68. The Hall–Kier alpha value is -2.66. The minimum Gasteiger partial charge on any atom is -0.462 e. The van der Waals surface area contributed by atoms with Gasteiger partial charge in [-0.25, -0.2) is 4.98 Å². The number of carbonyl (C=O) groups is 1. The molecule has 0 saturated heterocycles. The van der Waals surface area contributed by atoms with E-state index in [1.54, 1.807) is 6.08 Å². The average Bonchev–Trinajstić information content (AvgIpc) is 3.17.